The molecule has 0 aliphatic heterocycles. The maximum atomic E-state index is 12.0. The van der Waals surface area contributed by atoms with Crippen LogP contribution in [0.4, 0.5) is 5.69 Å². The molecular weight excluding hydrogens is 356 g/mol. The molecule has 0 saturated heterocycles. The van der Waals surface area contributed by atoms with Gasteiger partial charge in [-0.15, -0.1) is 0 Å². The van der Waals surface area contributed by atoms with Gasteiger partial charge in [0.25, 0.3) is 5.91 Å². The molecule has 0 spiro atoms. The number of sulfonamides is 1. The number of hydrogen-bond donors (Lipinski definition) is 2. The number of nitrogens with one attached hydrogen (secondary N) is 2. The number of anilines is 1. The minimum Gasteiger partial charge on any atom is -0.454 e. The summed E-state index contributed by atoms with van der Waals surface area (Å²) >= 11 is 0. The first kappa shape index (κ1) is 22.1. The predicted octanol–water partition coefficient (Wildman–Crippen LogP) is 2.40. The molecule has 0 aromatic heterocycles. The highest BCUT2D eigenvalue weighted by molar-refractivity contribution is 7.89. The van der Waals surface area contributed by atoms with Crippen LogP contribution in [0.3, 0.4) is 0 Å². The Kier molecular flexibility index (Phi) is 8.74. The summed E-state index contributed by atoms with van der Waals surface area (Å²) in [5, 5.41) is 2.71. The molecule has 1 atom stereocenters. The Hall–Kier alpha value is -1.93. The fourth-order valence-electron chi connectivity index (χ4n) is 2.27. The monoisotopic (exact) mass is 384 g/mol. The third-order valence-corrected chi connectivity index (χ3v) is 5.22. The van der Waals surface area contributed by atoms with Gasteiger partial charge in [-0.25, -0.2) is 13.1 Å². The highest BCUT2D eigenvalue weighted by Crippen LogP contribution is 2.23. The third kappa shape index (κ3) is 7.53. The fraction of sp³-hybridized carbons (Fsp3) is 0.556. The van der Waals surface area contributed by atoms with E-state index in [-0.39, 0.29) is 11.7 Å². The molecule has 8 heteroatoms. The number of hydrogen-bond acceptors (Lipinski definition) is 5. The summed E-state index contributed by atoms with van der Waals surface area (Å²) in [5.41, 5.74) is 1.64. The molecule has 0 saturated carbocycles. The first-order chi connectivity index (χ1) is 12.2. The van der Waals surface area contributed by atoms with Crippen LogP contribution in [-0.4, -0.2) is 38.7 Å². The van der Waals surface area contributed by atoms with Crippen LogP contribution in [-0.2, 0) is 24.3 Å². The van der Waals surface area contributed by atoms with Crippen molar-refractivity contribution in [2.45, 2.75) is 52.5 Å². The van der Waals surface area contributed by atoms with Crippen molar-refractivity contribution in [2.75, 3.05) is 17.7 Å². The smallest absolute Gasteiger partial charge is 0.324 e. The quantitative estimate of drug-likeness (QED) is 0.603. The number of esters is 1. The molecule has 0 aliphatic carbocycles. The Bertz CT molecular complexity index is 716. The number of benzene rings is 1. The van der Waals surface area contributed by atoms with Crippen molar-refractivity contribution in [2.24, 2.45) is 0 Å². The van der Waals surface area contributed by atoms with Gasteiger partial charge >= 0.3 is 5.97 Å². The summed E-state index contributed by atoms with van der Waals surface area (Å²) in [6.45, 7) is 6.81. The van der Waals surface area contributed by atoms with E-state index in [9.17, 15) is 18.0 Å². The van der Waals surface area contributed by atoms with Crippen molar-refractivity contribution in [3.8, 4) is 0 Å². The van der Waals surface area contributed by atoms with E-state index in [0.29, 0.717) is 12.1 Å². The van der Waals surface area contributed by atoms with Gasteiger partial charge in [0.2, 0.25) is 10.0 Å². The van der Waals surface area contributed by atoms with Gasteiger partial charge in [-0.3, -0.25) is 9.59 Å². The van der Waals surface area contributed by atoms with Crippen LogP contribution in [0.5, 0.6) is 0 Å². The topological polar surface area (TPSA) is 102 Å². The van der Waals surface area contributed by atoms with Crippen molar-refractivity contribution < 1.29 is 22.7 Å². The normalized spacial score (nSPS) is 12.7. The lowest BCUT2D eigenvalue weighted by Gasteiger charge is -2.15. The van der Waals surface area contributed by atoms with E-state index in [1.165, 1.54) is 6.92 Å². The van der Waals surface area contributed by atoms with Crippen LogP contribution >= 0.6 is 0 Å². The zero-order chi connectivity index (χ0) is 19.7. The number of unbranched alkanes of at least 4 members (excludes halogenated alkanes) is 1. The highest BCUT2D eigenvalue weighted by atomic mass is 32.2. The van der Waals surface area contributed by atoms with E-state index in [2.05, 4.69) is 10.0 Å². The molecule has 0 aliphatic rings. The molecule has 1 aromatic rings. The van der Waals surface area contributed by atoms with Crippen molar-refractivity contribution in [3.63, 3.8) is 0 Å². The SMILES string of the molecule is CCCCS(=O)(=O)N[C@@H](C)C(=O)OCC(=O)Nc1ccccc1C(C)C. The molecule has 0 bridgehead atoms. The molecule has 1 rings (SSSR count). The van der Waals surface area contributed by atoms with Crippen LogP contribution in [0.15, 0.2) is 24.3 Å². The maximum Gasteiger partial charge on any atom is 0.324 e. The average molecular weight is 384 g/mol. The first-order valence-electron chi connectivity index (χ1n) is 8.71. The molecule has 2 N–H and O–H groups in total. The Morgan fingerprint density at radius 1 is 1.15 bits per heavy atom. The lowest BCUT2D eigenvalue weighted by Crippen LogP contribution is -2.41. The standard InChI is InChI=1S/C18H28N2O5S/c1-5-6-11-26(23,24)20-14(4)18(22)25-12-17(21)19-16-10-8-7-9-15(16)13(2)3/h7-10,13-14,20H,5-6,11-12H2,1-4H3,(H,19,21)/t14-/m0/s1. The number of rotatable bonds is 10. The van der Waals surface area contributed by atoms with Crippen molar-refractivity contribution in [1.82, 2.24) is 4.72 Å². The van der Waals surface area contributed by atoms with Crippen molar-refractivity contribution in [3.05, 3.63) is 29.8 Å². The fourth-order valence-corrected chi connectivity index (χ4v) is 3.69. The second-order valence-electron chi connectivity index (χ2n) is 6.41. The molecule has 0 unspecified atom stereocenters. The number of ether oxygens (including phenoxy) is 1. The van der Waals surface area contributed by atoms with Gasteiger partial charge in [0.1, 0.15) is 6.04 Å². The average Bonchev–Trinajstić information content (AvgIpc) is 2.57. The van der Waals surface area contributed by atoms with Crippen LogP contribution in [0, 0.1) is 0 Å². The van der Waals surface area contributed by atoms with E-state index in [0.717, 1.165) is 12.0 Å². The summed E-state index contributed by atoms with van der Waals surface area (Å²) < 4.78 is 30.7. The van der Waals surface area contributed by atoms with Crippen LogP contribution in [0.1, 0.15) is 52.0 Å². The molecular formula is C18H28N2O5S. The second-order valence-corrected chi connectivity index (χ2v) is 8.28. The number of amides is 1. The summed E-state index contributed by atoms with van der Waals surface area (Å²) in [7, 11) is -3.54. The molecule has 26 heavy (non-hydrogen) atoms. The van der Waals surface area contributed by atoms with Crippen molar-refractivity contribution in [1.29, 1.82) is 0 Å². The first-order valence-corrected chi connectivity index (χ1v) is 10.4. The number of carbonyl (C=O) groups is 2. The zero-order valence-corrected chi connectivity index (χ0v) is 16.6. The Balaban J connectivity index is 2.53. The Labute approximate surface area is 155 Å². The number of carbonyl (C=O) groups excluding carboxylic acids is 2. The molecule has 0 radical (unpaired) electrons. The molecule has 146 valence electrons. The summed E-state index contributed by atoms with van der Waals surface area (Å²) in [6, 6.07) is 6.34. The van der Waals surface area contributed by atoms with E-state index in [4.69, 9.17) is 4.74 Å². The summed E-state index contributed by atoms with van der Waals surface area (Å²) in [6.07, 6.45) is 1.24. The van der Waals surface area contributed by atoms with Crippen molar-refractivity contribution >= 4 is 27.6 Å². The lowest BCUT2D eigenvalue weighted by molar-refractivity contribution is -0.148. The van der Waals surface area contributed by atoms with Gasteiger partial charge in [0.05, 0.1) is 5.75 Å². The largest absolute Gasteiger partial charge is 0.454 e. The molecule has 0 fully saturated rings. The van der Waals surface area contributed by atoms with E-state index < -0.39 is 34.5 Å². The van der Waals surface area contributed by atoms with Crippen LogP contribution < -0.4 is 10.0 Å². The van der Waals surface area contributed by atoms with Crippen LogP contribution in [0.25, 0.3) is 0 Å². The maximum absolute atomic E-state index is 12.0. The van der Waals surface area contributed by atoms with Gasteiger partial charge < -0.3 is 10.1 Å². The zero-order valence-electron chi connectivity index (χ0n) is 15.7. The number of para-hydroxylation sites is 1. The molecule has 0 heterocycles. The molecule has 1 amide bonds. The Morgan fingerprint density at radius 3 is 2.42 bits per heavy atom. The van der Waals surface area contributed by atoms with Gasteiger partial charge in [0, 0.05) is 5.69 Å². The third-order valence-electron chi connectivity index (χ3n) is 3.68. The second kappa shape index (κ2) is 10.3. The predicted molar refractivity (Wildman–Crippen MR) is 101 cm³/mol. The van der Waals surface area contributed by atoms with Gasteiger partial charge in [0.15, 0.2) is 6.61 Å². The van der Waals surface area contributed by atoms with Crippen LogP contribution in [0.2, 0.25) is 0 Å². The summed E-state index contributed by atoms with van der Waals surface area (Å²) in [5.74, 6) is -1.09. The van der Waals surface area contributed by atoms with E-state index in [1.807, 2.05) is 32.9 Å². The minimum atomic E-state index is -3.54. The van der Waals surface area contributed by atoms with E-state index >= 15 is 0 Å². The summed E-state index contributed by atoms with van der Waals surface area (Å²) in [4.78, 5) is 23.9. The lowest BCUT2D eigenvalue weighted by atomic mass is 10.0. The van der Waals surface area contributed by atoms with Gasteiger partial charge in [-0.05, 0) is 30.9 Å². The van der Waals surface area contributed by atoms with Gasteiger partial charge in [-0.1, -0.05) is 45.4 Å². The Morgan fingerprint density at radius 2 is 1.81 bits per heavy atom. The molecule has 1 aromatic carbocycles. The minimum absolute atomic E-state index is 0.0480. The molecule has 7 nitrogen and oxygen atoms in total. The van der Waals surface area contributed by atoms with Gasteiger partial charge in [-0.2, -0.15) is 0 Å². The van der Waals surface area contributed by atoms with E-state index in [1.54, 1.807) is 12.1 Å². The highest BCUT2D eigenvalue weighted by Gasteiger charge is 2.22.